The maximum absolute atomic E-state index is 2.44. The van der Waals surface area contributed by atoms with Gasteiger partial charge in [0.2, 0.25) is 0 Å². The monoisotopic (exact) mass is 534 g/mol. The molecule has 0 N–H and O–H groups in total. The first kappa shape index (κ1) is 23.1. The Morgan fingerprint density at radius 1 is 0.310 bits per heavy atom. The van der Waals surface area contributed by atoms with Crippen LogP contribution in [0.4, 0.5) is 0 Å². The zero-order chi connectivity index (χ0) is 27.6. The molecule has 0 spiro atoms. The van der Waals surface area contributed by atoms with Crippen LogP contribution in [0.5, 0.6) is 0 Å². The van der Waals surface area contributed by atoms with E-state index < -0.39 is 0 Å². The largest absolute Gasteiger partial charge is 0.309 e. The summed E-state index contributed by atoms with van der Waals surface area (Å²) < 4.78 is 4.84. The number of hydrogen-bond acceptors (Lipinski definition) is 0. The predicted octanol–water partition coefficient (Wildman–Crippen LogP) is 10.7. The SMILES string of the molecule is c1ccc(-c2ccc3ccc(-n4c5ccccc5c5c6c7ccccc7n(-c7ccccc7)c6ccc54)cc3c2)cc1. The van der Waals surface area contributed by atoms with E-state index in [1.54, 1.807) is 0 Å². The molecule has 0 unspecified atom stereocenters. The van der Waals surface area contributed by atoms with Gasteiger partial charge >= 0.3 is 0 Å². The number of benzene rings is 7. The summed E-state index contributed by atoms with van der Waals surface area (Å²) in [7, 11) is 0. The Morgan fingerprint density at radius 3 is 1.52 bits per heavy atom. The number of fused-ring (bicyclic) bond motifs is 8. The highest BCUT2D eigenvalue weighted by molar-refractivity contribution is 6.28. The van der Waals surface area contributed by atoms with Crippen LogP contribution >= 0.6 is 0 Å². The smallest absolute Gasteiger partial charge is 0.0548 e. The summed E-state index contributed by atoms with van der Waals surface area (Å²) in [6.07, 6.45) is 0. The summed E-state index contributed by atoms with van der Waals surface area (Å²) in [6, 6.07) is 57.2. The molecule has 9 aromatic rings. The highest BCUT2D eigenvalue weighted by Gasteiger charge is 2.20. The van der Waals surface area contributed by atoms with E-state index in [4.69, 9.17) is 0 Å². The molecule has 0 bridgehead atoms. The second-order valence-electron chi connectivity index (χ2n) is 11.0. The van der Waals surface area contributed by atoms with Crippen molar-refractivity contribution in [2.75, 3.05) is 0 Å². The van der Waals surface area contributed by atoms with Gasteiger partial charge in [-0.05, 0) is 76.5 Å². The van der Waals surface area contributed by atoms with Gasteiger partial charge in [0.25, 0.3) is 0 Å². The number of aromatic nitrogens is 2. The molecular weight excluding hydrogens is 508 g/mol. The van der Waals surface area contributed by atoms with Gasteiger partial charge < -0.3 is 9.13 Å². The maximum Gasteiger partial charge on any atom is 0.0548 e. The van der Waals surface area contributed by atoms with Gasteiger partial charge in [0.05, 0.1) is 22.1 Å². The number of rotatable bonds is 3. The van der Waals surface area contributed by atoms with Crippen molar-refractivity contribution in [2.45, 2.75) is 0 Å². The van der Waals surface area contributed by atoms with E-state index in [0.29, 0.717) is 0 Å². The van der Waals surface area contributed by atoms with Crippen molar-refractivity contribution in [1.29, 1.82) is 0 Å². The minimum Gasteiger partial charge on any atom is -0.309 e. The fourth-order valence-corrected chi connectivity index (χ4v) is 6.84. The summed E-state index contributed by atoms with van der Waals surface area (Å²) >= 11 is 0. The Bertz CT molecular complexity index is 2440. The average molecular weight is 535 g/mol. The van der Waals surface area contributed by atoms with Gasteiger partial charge in [-0.1, -0.05) is 103 Å². The minimum absolute atomic E-state index is 1.17. The Kier molecular flexibility index (Phi) is 4.93. The average Bonchev–Trinajstić information content (AvgIpc) is 3.58. The van der Waals surface area contributed by atoms with Gasteiger partial charge in [-0.15, -0.1) is 0 Å². The van der Waals surface area contributed by atoms with E-state index in [2.05, 4.69) is 167 Å². The van der Waals surface area contributed by atoms with Crippen LogP contribution in [-0.2, 0) is 0 Å². The van der Waals surface area contributed by atoms with Gasteiger partial charge in [-0.2, -0.15) is 0 Å². The molecule has 0 aliphatic heterocycles. The number of hydrogen-bond donors (Lipinski definition) is 0. The van der Waals surface area contributed by atoms with E-state index in [1.807, 2.05) is 0 Å². The normalized spacial score (nSPS) is 11.8. The third-order valence-electron chi connectivity index (χ3n) is 8.68. The van der Waals surface area contributed by atoms with Crippen LogP contribution in [0.3, 0.4) is 0 Å². The lowest BCUT2D eigenvalue weighted by molar-refractivity contribution is 1.17. The lowest BCUT2D eigenvalue weighted by Crippen LogP contribution is -1.95. The summed E-state index contributed by atoms with van der Waals surface area (Å²) in [6.45, 7) is 0. The van der Waals surface area contributed by atoms with Gasteiger partial charge in [0.15, 0.2) is 0 Å². The second-order valence-corrected chi connectivity index (χ2v) is 11.0. The Hall–Kier alpha value is -5.60. The fourth-order valence-electron chi connectivity index (χ4n) is 6.84. The maximum atomic E-state index is 2.44. The van der Waals surface area contributed by atoms with E-state index in [9.17, 15) is 0 Å². The van der Waals surface area contributed by atoms with Gasteiger partial charge in [-0.25, -0.2) is 0 Å². The first-order valence-electron chi connectivity index (χ1n) is 14.5. The van der Waals surface area contributed by atoms with E-state index in [0.717, 1.165) is 0 Å². The van der Waals surface area contributed by atoms with Gasteiger partial charge in [0, 0.05) is 32.9 Å². The molecular formula is C40H26N2. The van der Waals surface area contributed by atoms with Crippen molar-refractivity contribution in [3.8, 4) is 22.5 Å². The molecule has 0 radical (unpaired) electrons. The van der Waals surface area contributed by atoms with Gasteiger partial charge in [0.1, 0.15) is 0 Å². The Labute approximate surface area is 243 Å². The van der Waals surface area contributed by atoms with Crippen LogP contribution < -0.4 is 0 Å². The van der Waals surface area contributed by atoms with Crippen molar-refractivity contribution in [3.05, 3.63) is 158 Å². The van der Waals surface area contributed by atoms with Crippen LogP contribution in [-0.4, -0.2) is 9.13 Å². The molecule has 0 amide bonds. The van der Waals surface area contributed by atoms with Crippen LogP contribution in [0.1, 0.15) is 0 Å². The molecule has 2 heterocycles. The standard InChI is InChI=1S/C40H26N2/c1-3-11-27(12-4-1)29-20-19-28-21-22-32(26-30(28)25-29)42-36-18-10-8-16-34(36)40-38(42)24-23-37-39(40)33-15-7-9-17-35(33)41(37)31-13-5-2-6-14-31/h1-26H. The van der Waals surface area contributed by atoms with Crippen LogP contribution in [0.25, 0.3) is 76.9 Å². The molecule has 9 rings (SSSR count). The van der Waals surface area contributed by atoms with Crippen molar-refractivity contribution in [3.63, 3.8) is 0 Å². The fraction of sp³-hybridized carbons (Fsp3) is 0. The van der Waals surface area contributed by atoms with Crippen LogP contribution in [0.2, 0.25) is 0 Å². The van der Waals surface area contributed by atoms with E-state index in [-0.39, 0.29) is 0 Å². The molecule has 0 saturated heterocycles. The molecule has 7 aromatic carbocycles. The van der Waals surface area contributed by atoms with Crippen molar-refractivity contribution in [2.24, 2.45) is 0 Å². The molecule has 2 heteroatoms. The Balaban J connectivity index is 1.36. The highest BCUT2D eigenvalue weighted by atomic mass is 15.0. The Morgan fingerprint density at radius 2 is 0.857 bits per heavy atom. The topological polar surface area (TPSA) is 9.86 Å². The molecule has 196 valence electrons. The summed E-state index contributed by atoms with van der Waals surface area (Å²) in [5.74, 6) is 0. The minimum atomic E-state index is 1.17. The first-order valence-corrected chi connectivity index (χ1v) is 14.5. The molecule has 42 heavy (non-hydrogen) atoms. The molecule has 0 aliphatic rings. The first-order chi connectivity index (χ1) is 20.8. The second kappa shape index (κ2) is 8.95. The molecule has 2 aromatic heterocycles. The predicted molar refractivity (Wildman–Crippen MR) is 178 cm³/mol. The third kappa shape index (κ3) is 3.33. The lowest BCUT2D eigenvalue weighted by Gasteiger charge is -2.11. The number of para-hydroxylation sites is 3. The highest BCUT2D eigenvalue weighted by Crippen LogP contribution is 2.42. The lowest BCUT2D eigenvalue weighted by atomic mass is 10.0. The van der Waals surface area contributed by atoms with Crippen molar-refractivity contribution < 1.29 is 0 Å². The van der Waals surface area contributed by atoms with E-state index in [1.165, 1.54) is 76.9 Å². The van der Waals surface area contributed by atoms with Crippen LogP contribution in [0.15, 0.2) is 158 Å². The third-order valence-corrected chi connectivity index (χ3v) is 8.68. The molecule has 0 atom stereocenters. The van der Waals surface area contributed by atoms with Crippen molar-refractivity contribution >= 4 is 54.4 Å². The quantitative estimate of drug-likeness (QED) is 0.213. The summed E-state index contributed by atoms with van der Waals surface area (Å²) in [5.41, 5.74) is 9.71. The summed E-state index contributed by atoms with van der Waals surface area (Å²) in [5, 5.41) is 7.62. The molecule has 2 nitrogen and oxygen atoms in total. The molecule has 0 fully saturated rings. The zero-order valence-corrected chi connectivity index (χ0v) is 22.9. The van der Waals surface area contributed by atoms with Gasteiger partial charge in [-0.3, -0.25) is 0 Å². The molecule has 0 saturated carbocycles. The summed E-state index contributed by atoms with van der Waals surface area (Å²) in [4.78, 5) is 0. The van der Waals surface area contributed by atoms with E-state index >= 15 is 0 Å². The van der Waals surface area contributed by atoms with Crippen LogP contribution in [0, 0.1) is 0 Å². The number of nitrogens with zero attached hydrogens (tertiary/aromatic N) is 2. The zero-order valence-electron chi connectivity index (χ0n) is 22.9. The molecule has 0 aliphatic carbocycles. The van der Waals surface area contributed by atoms with Crippen molar-refractivity contribution in [1.82, 2.24) is 9.13 Å².